The maximum absolute atomic E-state index is 13.5. The highest BCUT2D eigenvalue weighted by molar-refractivity contribution is 6.00. The lowest BCUT2D eigenvalue weighted by atomic mass is 9.83. The zero-order chi connectivity index (χ0) is 19.8. The van der Waals surface area contributed by atoms with Crippen LogP contribution in [0.4, 0.5) is 5.69 Å². The van der Waals surface area contributed by atoms with Gasteiger partial charge < -0.3 is 14.5 Å². The number of anilines is 1. The van der Waals surface area contributed by atoms with Crippen molar-refractivity contribution in [3.63, 3.8) is 0 Å². The Kier molecular flexibility index (Phi) is 4.63. The topological polar surface area (TPSA) is 49.9 Å². The van der Waals surface area contributed by atoms with E-state index >= 15 is 0 Å². The largest absolute Gasteiger partial charge is 0.381 e. The van der Waals surface area contributed by atoms with Crippen LogP contribution in [0.15, 0.2) is 48.5 Å². The van der Waals surface area contributed by atoms with Gasteiger partial charge in [-0.25, -0.2) is 0 Å². The molecule has 0 radical (unpaired) electrons. The maximum atomic E-state index is 13.5. The van der Waals surface area contributed by atoms with Crippen LogP contribution < -0.4 is 4.90 Å². The van der Waals surface area contributed by atoms with Crippen LogP contribution >= 0.6 is 0 Å². The summed E-state index contributed by atoms with van der Waals surface area (Å²) in [6.07, 6.45) is 3.75. The SMILES string of the molecule is O=C(CC1(N2Cc3ccccc3C2=O)CCOCC1)N1CCCc2ccccc21. The summed E-state index contributed by atoms with van der Waals surface area (Å²) in [5, 5.41) is 0. The van der Waals surface area contributed by atoms with Crippen LogP contribution in [-0.2, 0) is 22.5 Å². The van der Waals surface area contributed by atoms with E-state index in [0.29, 0.717) is 39.0 Å². The van der Waals surface area contributed by atoms with Crippen LogP contribution in [0.25, 0.3) is 0 Å². The number of nitrogens with zero attached hydrogens (tertiary/aromatic N) is 2. The number of carbonyl (C=O) groups is 2. The zero-order valence-electron chi connectivity index (χ0n) is 16.6. The molecule has 0 bridgehead atoms. The van der Waals surface area contributed by atoms with Crippen LogP contribution in [-0.4, -0.2) is 42.0 Å². The smallest absolute Gasteiger partial charge is 0.254 e. The van der Waals surface area contributed by atoms with E-state index < -0.39 is 5.54 Å². The minimum Gasteiger partial charge on any atom is -0.381 e. The summed E-state index contributed by atoms with van der Waals surface area (Å²) in [6, 6.07) is 16.0. The monoisotopic (exact) mass is 390 g/mol. The molecule has 150 valence electrons. The van der Waals surface area contributed by atoms with Gasteiger partial charge >= 0.3 is 0 Å². The number of carbonyl (C=O) groups excluding carboxylic acids is 2. The van der Waals surface area contributed by atoms with E-state index in [2.05, 4.69) is 6.07 Å². The fourth-order valence-corrected chi connectivity index (χ4v) is 5.10. The summed E-state index contributed by atoms with van der Waals surface area (Å²) < 4.78 is 5.62. The zero-order valence-corrected chi connectivity index (χ0v) is 16.6. The third kappa shape index (κ3) is 3.14. The molecule has 29 heavy (non-hydrogen) atoms. The summed E-state index contributed by atoms with van der Waals surface area (Å²) in [5.74, 6) is 0.164. The van der Waals surface area contributed by atoms with E-state index in [9.17, 15) is 9.59 Å². The van der Waals surface area contributed by atoms with Gasteiger partial charge in [0.15, 0.2) is 0 Å². The lowest BCUT2D eigenvalue weighted by molar-refractivity contribution is -0.123. The van der Waals surface area contributed by atoms with Crippen LogP contribution in [0, 0.1) is 0 Å². The van der Waals surface area contributed by atoms with Gasteiger partial charge in [-0.05, 0) is 48.9 Å². The van der Waals surface area contributed by atoms with Crippen molar-refractivity contribution >= 4 is 17.5 Å². The molecule has 2 aromatic carbocycles. The van der Waals surface area contributed by atoms with Gasteiger partial charge in [0.25, 0.3) is 5.91 Å². The molecule has 0 atom stereocenters. The van der Waals surface area contributed by atoms with Crippen molar-refractivity contribution < 1.29 is 14.3 Å². The van der Waals surface area contributed by atoms with E-state index in [1.165, 1.54) is 5.56 Å². The van der Waals surface area contributed by atoms with Gasteiger partial charge in [-0.1, -0.05) is 36.4 Å². The van der Waals surface area contributed by atoms with Gasteiger partial charge in [-0.2, -0.15) is 0 Å². The first-order valence-corrected chi connectivity index (χ1v) is 10.5. The number of fused-ring (bicyclic) bond motifs is 2. The number of rotatable bonds is 3. The van der Waals surface area contributed by atoms with Gasteiger partial charge in [-0.15, -0.1) is 0 Å². The second kappa shape index (κ2) is 7.30. The van der Waals surface area contributed by atoms with Crippen LogP contribution in [0.3, 0.4) is 0 Å². The van der Waals surface area contributed by atoms with Crippen molar-refractivity contribution in [1.82, 2.24) is 4.90 Å². The molecule has 2 amide bonds. The molecule has 5 heteroatoms. The maximum Gasteiger partial charge on any atom is 0.254 e. The van der Waals surface area contributed by atoms with E-state index in [1.54, 1.807) is 0 Å². The highest BCUT2D eigenvalue weighted by Crippen LogP contribution is 2.39. The molecule has 2 aromatic rings. The molecule has 1 fully saturated rings. The Hall–Kier alpha value is -2.66. The number of ether oxygens (including phenoxy) is 1. The van der Waals surface area contributed by atoms with E-state index in [-0.39, 0.29) is 11.8 Å². The lowest BCUT2D eigenvalue weighted by Crippen LogP contribution is -2.55. The Labute approximate surface area is 171 Å². The normalized spacial score (nSPS) is 20.3. The first-order valence-electron chi connectivity index (χ1n) is 10.5. The molecule has 3 aliphatic rings. The highest BCUT2D eigenvalue weighted by Gasteiger charge is 2.46. The number of benzene rings is 2. The molecule has 5 rings (SSSR count). The molecule has 1 saturated heterocycles. The second-order valence-electron chi connectivity index (χ2n) is 8.34. The van der Waals surface area contributed by atoms with Crippen LogP contribution in [0.1, 0.15) is 47.2 Å². The molecule has 3 aliphatic heterocycles. The third-order valence-corrected chi connectivity index (χ3v) is 6.71. The molecule has 0 unspecified atom stereocenters. The Morgan fingerprint density at radius 2 is 1.72 bits per heavy atom. The molecular formula is C24H26N2O3. The van der Waals surface area contributed by atoms with Crippen molar-refractivity contribution in [2.45, 2.75) is 44.2 Å². The molecule has 5 nitrogen and oxygen atoms in total. The Morgan fingerprint density at radius 3 is 2.52 bits per heavy atom. The Balaban J connectivity index is 1.44. The molecule has 3 heterocycles. The first-order chi connectivity index (χ1) is 14.2. The molecule has 0 spiro atoms. The summed E-state index contributed by atoms with van der Waals surface area (Å²) in [4.78, 5) is 30.6. The van der Waals surface area contributed by atoms with Gasteiger partial charge in [0.2, 0.25) is 5.91 Å². The van der Waals surface area contributed by atoms with Crippen molar-refractivity contribution in [3.8, 4) is 0 Å². The van der Waals surface area contributed by atoms with Gasteiger partial charge in [0.1, 0.15) is 0 Å². The molecule has 0 saturated carbocycles. The first kappa shape index (κ1) is 18.4. The predicted octanol–water partition coefficient (Wildman–Crippen LogP) is 3.56. The number of hydrogen-bond acceptors (Lipinski definition) is 3. The number of para-hydroxylation sites is 1. The van der Waals surface area contributed by atoms with Crippen LogP contribution in [0.2, 0.25) is 0 Å². The van der Waals surface area contributed by atoms with Gasteiger partial charge in [0.05, 0.1) is 12.0 Å². The van der Waals surface area contributed by atoms with Crippen molar-refractivity contribution in [2.75, 3.05) is 24.7 Å². The summed E-state index contributed by atoms with van der Waals surface area (Å²) >= 11 is 0. The average molecular weight is 390 g/mol. The van der Waals surface area contributed by atoms with E-state index in [4.69, 9.17) is 4.74 Å². The Bertz CT molecular complexity index is 949. The van der Waals surface area contributed by atoms with Crippen molar-refractivity contribution in [1.29, 1.82) is 0 Å². The number of amides is 2. The van der Waals surface area contributed by atoms with E-state index in [1.807, 2.05) is 52.3 Å². The fraction of sp³-hybridized carbons (Fsp3) is 0.417. The Morgan fingerprint density at radius 1 is 1.00 bits per heavy atom. The quantitative estimate of drug-likeness (QED) is 0.805. The second-order valence-corrected chi connectivity index (χ2v) is 8.34. The summed E-state index contributed by atoms with van der Waals surface area (Å²) in [7, 11) is 0. The van der Waals surface area contributed by atoms with Gasteiger partial charge in [0, 0.05) is 37.6 Å². The molecular weight excluding hydrogens is 364 g/mol. The minimum absolute atomic E-state index is 0.0503. The van der Waals surface area contributed by atoms with Crippen LogP contribution in [0.5, 0.6) is 0 Å². The van der Waals surface area contributed by atoms with Gasteiger partial charge in [-0.3, -0.25) is 9.59 Å². The average Bonchev–Trinajstić information content (AvgIpc) is 3.11. The molecule has 0 aromatic heterocycles. The summed E-state index contributed by atoms with van der Waals surface area (Å²) in [6.45, 7) is 2.50. The molecule has 0 aliphatic carbocycles. The summed E-state index contributed by atoms with van der Waals surface area (Å²) in [5.41, 5.74) is 3.62. The number of hydrogen-bond donors (Lipinski definition) is 0. The number of aryl methyl sites for hydroxylation is 1. The third-order valence-electron chi connectivity index (χ3n) is 6.71. The fourth-order valence-electron chi connectivity index (χ4n) is 5.10. The van der Waals surface area contributed by atoms with Crippen molar-refractivity contribution in [2.24, 2.45) is 0 Å². The van der Waals surface area contributed by atoms with E-state index in [0.717, 1.165) is 36.2 Å². The lowest BCUT2D eigenvalue weighted by Gasteiger charge is -2.45. The minimum atomic E-state index is -0.474. The van der Waals surface area contributed by atoms with Crippen molar-refractivity contribution in [3.05, 3.63) is 65.2 Å². The molecule has 0 N–H and O–H groups in total. The highest BCUT2D eigenvalue weighted by atomic mass is 16.5. The standard InChI is InChI=1S/C24H26N2O3/c27-22(25-13-5-8-18-6-2-4-10-21(18)25)16-24(11-14-29-15-12-24)26-17-19-7-1-3-9-20(19)23(26)28/h1-4,6-7,9-10H,5,8,11-17H2. The predicted molar refractivity (Wildman–Crippen MR) is 111 cm³/mol.